The third-order valence-electron chi connectivity index (χ3n) is 3.44. The number of aromatic nitrogens is 3. The van der Waals surface area contributed by atoms with Gasteiger partial charge in [0.2, 0.25) is 0 Å². The van der Waals surface area contributed by atoms with E-state index in [1.807, 2.05) is 61.7 Å². The smallest absolute Gasteiger partial charge is 0.0190 e. The number of hydrogen-bond acceptors (Lipinski definition) is 3. The monoisotopic (exact) mass is 516 g/mol. The molecule has 1 radical (unpaired) electrons. The molecule has 4 heteroatoms. The van der Waals surface area contributed by atoms with Crippen molar-refractivity contribution < 1.29 is 20.1 Å². The minimum Gasteiger partial charge on any atom is -0.360 e. The topological polar surface area (TPSA) is 38.7 Å². The van der Waals surface area contributed by atoms with Crippen molar-refractivity contribution in [2.75, 3.05) is 0 Å². The average molecular weight is 516 g/mol. The van der Waals surface area contributed by atoms with Gasteiger partial charge >= 0.3 is 0 Å². The molecule has 0 fully saturated rings. The second-order valence-electron chi connectivity index (χ2n) is 5.36. The summed E-state index contributed by atoms with van der Waals surface area (Å²) >= 11 is 0. The normalized spacial score (nSPS) is 9.42. The molecule has 0 aliphatic carbocycles. The standard InChI is InChI=1S/C12H10N.C10H7N2.Ir/c1-10-7-8-12(13-9-10)11-5-3-2-4-6-11;1-2-7-12-10(5-1)9-4-3-6-11-8-9;/h2-5,7-9H,1H3;1-3,5-8H;/q2*-1;. The molecule has 1 aromatic carbocycles. The summed E-state index contributed by atoms with van der Waals surface area (Å²) in [5, 5.41) is 0. The molecule has 3 heterocycles. The predicted molar refractivity (Wildman–Crippen MR) is 99.6 cm³/mol. The maximum Gasteiger partial charge on any atom is 0.0190 e. The summed E-state index contributed by atoms with van der Waals surface area (Å²) in [4.78, 5) is 12.5. The summed E-state index contributed by atoms with van der Waals surface area (Å²) in [6.07, 6.45) is 7.08. The summed E-state index contributed by atoms with van der Waals surface area (Å²) in [5.74, 6) is 0. The van der Waals surface area contributed by atoms with Crippen LogP contribution in [0.15, 0.2) is 85.5 Å². The van der Waals surface area contributed by atoms with E-state index in [-0.39, 0.29) is 20.1 Å². The molecule has 4 aromatic rings. The summed E-state index contributed by atoms with van der Waals surface area (Å²) < 4.78 is 0. The van der Waals surface area contributed by atoms with Crippen LogP contribution in [0, 0.1) is 19.1 Å². The quantitative estimate of drug-likeness (QED) is 0.360. The number of rotatable bonds is 2. The molecule has 0 aliphatic rings. The van der Waals surface area contributed by atoms with Crippen LogP contribution in [-0.4, -0.2) is 15.0 Å². The second-order valence-corrected chi connectivity index (χ2v) is 5.36. The van der Waals surface area contributed by atoms with Gasteiger partial charge < -0.3 is 15.0 Å². The van der Waals surface area contributed by atoms with Crippen LogP contribution in [0.2, 0.25) is 0 Å². The van der Waals surface area contributed by atoms with E-state index < -0.39 is 0 Å². The molecule has 0 saturated carbocycles. The molecular weight excluding hydrogens is 498 g/mol. The Morgan fingerprint density at radius 2 is 1.50 bits per heavy atom. The van der Waals surface area contributed by atoms with Gasteiger partial charge in [0.1, 0.15) is 0 Å². The van der Waals surface area contributed by atoms with Gasteiger partial charge in [0, 0.05) is 32.5 Å². The molecule has 0 atom stereocenters. The molecule has 131 valence electrons. The van der Waals surface area contributed by atoms with Crippen molar-refractivity contribution in [2.24, 2.45) is 0 Å². The zero-order valence-electron chi connectivity index (χ0n) is 14.3. The molecule has 0 spiro atoms. The van der Waals surface area contributed by atoms with Gasteiger partial charge in [-0.05, 0) is 29.9 Å². The molecule has 0 N–H and O–H groups in total. The Balaban J connectivity index is 0.000000180. The Labute approximate surface area is 167 Å². The first-order valence-electron chi connectivity index (χ1n) is 7.96. The van der Waals surface area contributed by atoms with E-state index in [0.29, 0.717) is 0 Å². The molecule has 4 rings (SSSR count). The summed E-state index contributed by atoms with van der Waals surface area (Å²) in [5.41, 5.74) is 5.04. The van der Waals surface area contributed by atoms with Gasteiger partial charge in [-0.25, -0.2) is 0 Å². The van der Waals surface area contributed by atoms with Crippen molar-refractivity contribution in [3.8, 4) is 22.5 Å². The molecule has 3 aromatic heterocycles. The zero-order valence-corrected chi connectivity index (χ0v) is 16.7. The van der Waals surface area contributed by atoms with Gasteiger partial charge in [-0.15, -0.1) is 53.6 Å². The van der Waals surface area contributed by atoms with Crippen molar-refractivity contribution in [3.05, 3.63) is 103 Å². The second kappa shape index (κ2) is 10.3. The fourth-order valence-corrected chi connectivity index (χ4v) is 2.17. The number of hydrogen-bond donors (Lipinski definition) is 0. The van der Waals surface area contributed by atoms with E-state index in [9.17, 15) is 0 Å². The van der Waals surface area contributed by atoms with Gasteiger partial charge in [0.05, 0.1) is 0 Å². The van der Waals surface area contributed by atoms with Crippen LogP contribution >= 0.6 is 0 Å². The van der Waals surface area contributed by atoms with E-state index >= 15 is 0 Å². The zero-order chi connectivity index (χ0) is 17.3. The largest absolute Gasteiger partial charge is 0.360 e. The Hall–Kier alpha value is -2.68. The van der Waals surface area contributed by atoms with Crippen LogP contribution in [0.1, 0.15) is 5.56 Å². The van der Waals surface area contributed by atoms with Crippen molar-refractivity contribution in [1.82, 2.24) is 15.0 Å². The molecule has 0 amide bonds. The number of pyridine rings is 3. The number of nitrogens with zero attached hydrogens (tertiary/aromatic N) is 3. The van der Waals surface area contributed by atoms with E-state index in [1.54, 1.807) is 24.7 Å². The van der Waals surface area contributed by atoms with Crippen molar-refractivity contribution in [2.45, 2.75) is 6.92 Å². The van der Waals surface area contributed by atoms with E-state index in [4.69, 9.17) is 0 Å². The molecule has 0 saturated heterocycles. The van der Waals surface area contributed by atoms with Gasteiger partial charge in [-0.2, -0.15) is 0 Å². The SMILES string of the molecule is Cc1ccc(-c2[c-]cccc2)nc1.[Ir].[c-]1ccncc1-c1ccccn1. The first kappa shape index (κ1) is 19.6. The molecular formula is C22H17IrN3-2. The third kappa shape index (κ3) is 5.69. The number of benzene rings is 1. The molecule has 0 aliphatic heterocycles. The Morgan fingerprint density at radius 1 is 0.692 bits per heavy atom. The maximum absolute atomic E-state index is 4.32. The molecule has 0 unspecified atom stereocenters. The Bertz CT molecular complexity index is 843. The minimum atomic E-state index is 0. The number of aryl methyl sites for hydroxylation is 1. The van der Waals surface area contributed by atoms with Gasteiger partial charge in [-0.1, -0.05) is 36.7 Å². The van der Waals surface area contributed by atoms with Crippen LogP contribution in [0.4, 0.5) is 0 Å². The van der Waals surface area contributed by atoms with E-state index in [2.05, 4.69) is 33.2 Å². The average Bonchev–Trinajstić information content (AvgIpc) is 2.71. The fourth-order valence-electron chi connectivity index (χ4n) is 2.17. The van der Waals surface area contributed by atoms with Crippen molar-refractivity contribution in [3.63, 3.8) is 0 Å². The van der Waals surface area contributed by atoms with Gasteiger partial charge in [0.15, 0.2) is 0 Å². The Kier molecular flexibility index (Phi) is 7.81. The fraction of sp³-hybridized carbons (Fsp3) is 0.0455. The minimum absolute atomic E-state index is 0. The first-order chi connectivity index (χ1) is 12.3. The third-order valence-corrected chi connectivity index (χ3v) is 3.44. The van der Waals surface area contributed by atoms with Crippen LogP contribution in [-0.2, 0) is 20.1 Å². The maximum atomic E-state index is 4.32. The summed E-state index contributed by atoms with van der Waals surface area (Å²) in [6, 6.07) is 25.7. The van der Waals surface area contributed by atoms with Gasteiger partial charge in [-0.3, -0.25) is 0 Å². The molecule has 26 heavy (non-hydrogen) atoms. The van der Waals surface area contributed by atoms with E-state index in [1.165, 1.54) is 5.56 Å². The summed E-state index contributed by atoms with van der Waals surface area (Å²) in [7, 11) is 0. The predicted octanol–water partition coefficient (Wildman–Crippen LogP) is 4.80. The van der Waals surface area contributed by atoms with Crippen molar-refractivity contribution >= 4 is 0 Å². The van der Waals surface area contributed by atoms with Crippen LogP contribution < -0.4 is 0 Å². The van der Waals surface area contributed by atoms with Gasteiger partial charge in [0.25, 0.3) is 0 Å². The first-order valence-corrected chi connectivity index (χ1v) is 7.96. The summed E-state index contributed by atoms with van der Waals surface area (Å²) in [6.45, 7) is 2.03. The van der Waals surface area contributed by atoms with Crippen LogP contribution in [0.25, 0.3) is 22.5 Å². The van der Waals surface area contributed by atoms with Crippen molar-refractivity contribution in [1.29, 1.82) is 0 Å². The van der Waals surface area contributed by atoms with Crippen LogP contribution in [0.5, 0.6) is 0 Å². The Morgan fingerprint density at radius 3 is 2.12 bits per heavy atom. The van der Waals surface area contributed by atoms with E-state index in [0.717, 1.165) is 22.5 Å². The molecule has 0 bridgehead atoms. The molecule has 3 nitrogen and oxygen atoms in total. The van der Waals surface area contributed by atoms with Crippen LogP contribution in [0.3, 0.4) is 0 Å².